The Morgan fingerprint density at radius 3 is 2.56 bits per heavy atom. The van der Waals surface area contributed by atoms with E-state index in [0.29, 0.717) is 11.3 Å². The Morgan fingerprint density at radius 1 is 1.44 bits per heavy atom. The molecule has 0 heterocycles. The van der Waals surface area contributed by atoms with E-state index in [1.54, 1.807) is 19.1 Å². The zero-order valence-corrected chi connectivity index (χ0v) is 11.1. The fraction of sp³-hybridized carbons (Fsp3) is 0.417. The van der Waals surface area contributed by atoms with Crippen molar-refractivity contribution in [2.75, 3.05) is 5.32 Å². The summed E-state index contributed by atoms with van der Waals surface area (Å²) in [7, 11) is 0. The lowest BCUT2D eigenvalue weighted by Crippen LogP contribution is -2.27. The Morgan fingerprint density at radius 2 is 2.06 bits per heavy atom. The second kappa shape index (κ2) is 5.43. The zero-order chi connectivity index (χ0) is 12.3. The number of nitrogens with one attached hydrogen (secondary N) is 1. The largest absolute Gasteiger partial charge is 0.325 e. The highest BCUT2D eigenvalue weighted by Crippen LogP contribution is 2.17. The van der Waals surface area contributed by atoms with E-state index >= 15 is 0 Å². The SMILES string of the molecule is Cc1cc(NC(=O)C(Br)C(C)C)ccc1F. The molecule has 0 fully saturated rings. The number of alkyl halides is 1. The van der Waals surface area contributed by atoms with E-state index in [-0.39, 0.29) is 22.5 Å². The number of carbonyl (C=O) groups excluding carboxylic acids is 1. The lowest BCUT2D eigenvalue weighted by molar-refractivity contribution is -0.116. The standard InChI is InChI=1S/C12H15BrFNO/c1-7(2)11(13)12(16)15-9-4-5-10(14)8(3)6-9/h4-7,11H,1-3H3,(H,15,16). The van der Waals surface area contributed by atoms with Crippen LogP contribution in [0.15, 0.2) is 18.2 Å². The number of anilines is 1. The molecule has 1 aromatic rings. The predicted molar refractivity (Wildman–Crippen MR) is 67.3 cm³/mol. The van der Waals surface area contributed by atoms with Gasteiger partial charge in [-0.1, -0.05) is 29.8 Å². The van der Waals surface area contributed by atoms with E-state index in [1.165, 1.54) is 6.07 Å². The monoisotopic (exact) mass is 287 g/mol. The van der Waals surface area contributed by atoms with Gasteiger partial charge in [0, 0.05) is 5.69 Å². The third-order valence-corrected chi connectivity index (χ3v) is 3.73. The molecule has 0 saturated heterocycles. The maximum absolute atomic E-state index is 13.0. The van der Waals surface area contributed by atoms with Crippen molar-refractivity contribution in [2.45, 2.75) is 25.6 Å². The molecule has 16 heavy (non-hydrogen) atoms. The minimum absolute atomic E-state index is 0.110. The number of amides is 1. The molecule has 88 valence electrons. The Kier molecular flexibility index (Phi) is 4.47. The van der Waals surface area contributed by atoms with Crippen LogP contribution >= 0.6 is 15.9 Å². The van der Waals surface area contributed by atoms with E-state index in [2.05, 4.69) is 21.2 Å². The molecule has 2 nitrogen and oxygen atoms in total. The summed E-state index contributed by atoms with van der Waals surface area (Å²) in [6.45, 7) is 5.57. The van der Waals surface area contributed by atoms with Gasteiger partial charge in [0.1, 0.15) is 5.82 Å². The molecule has 1 rings (SSSR count). The summed E-state index contributed by atoms with van der Waals surface area (Å²) < 4.78 is 13.0. The van der Waals surface area contributed by atoms with Gasteiger partial charge in [-0.05, 0) is 36.6 Å². The highest BCUT2D eigenvalue weighted by Gasteiger charge is 2.18. The van der Waals surface area contributed by atoms with E-state index in [0.717, 1.165) is 0 Å². The fourth-order valence-electron chi connectivity index (χ4n) is 1.24. The van der Waals surface area contributed by atoms with Gasteiger partial charge in [-0.25, -0.2) is 4.39 Å². The van der Waals surface area contributed by atoms with Gasteiger partial charge in [0.25, 0.3) is 0 Å². The molecule has 1 aromatic carbocycles. The number of benzene rings is 1. The molecule has 0 spiro atoms. The van der Waals surface area contributed by atoms with Gasteiger partial charge in [0.2, 0.25) is 5.91 Å². The average molecular weight is 288 g/mol. The van der Waals surface area contributed by atoms with Crippen molar-refractivity contribution in [2.24, 2.45) is 5.92 Å². The maximum atomic E-state index is 13.0. The number of rotatable bonds is 3. The molecule has 0 aliphatic carbocycles. The van der Waals surface area contributed by atoms with Gasteiger partial charge in [-0.3, -0.25) is 4.79 Å². The van der Waals surface area contributed by atoms with Crippen LogP contribution in [0.2, 0.25) is 0 Å². The topological polar surface area (TPSA) is 29.1 Å². The molecule has 0 aliphatic heterocycles. The van der Waals surface area contributed by atoms with E-state index in [4.69, 9.17) is 0 Å². The molecular formula is C12H15BrFNO. The molecule has 1 atom stereocenters. The van der Waals surface area contributed by atoms with Crippen molar-refractivity contribution in [3.63, 3.8) is 0 Å². The summed E-state index contributed by atoms with van der Waals surface area (Å²) in [4.78, 5) is 11.5. The third-order valence-electron chi connectivity index (χ3n) is 2.26. The fourth-order valence-corrected chi connectivity index (χ4v) is 1.35. The van der Waals surface area contributed by atoms with Gasteiger partial charge in [-0.15, -0.1) is 0 Å². The Bertz CT molecular complexity index is 393. The molecule has 0 bridgehead atoms. The van der Waals surface area contributed by atoms with Gasteiger partial charge in [0.15, 0.2) is 0 Å². The first-order chi connectivity index (χ1) is 7.41. The van der Waals surface area contributed by atoms with E-state index < -0.39 is 0 Å². The number of hydrogen-bond donors (Lipinski definition) is 1. The van der Waals surface area contributed by atoms with Crippen molar-refractivity contribution < 1.29 is 9.18 Å². The molecule has 0 saturated carbocycles. The van der Waals surface area contributed by atoms with Crippen molar-refractivity contribution >= 4 is 27.5 Å². The van der Waals surface area contributed by atoms with Crippen LogP contribution in [0.1, 0.15) is 19.4 Å². The first kappa shape index (κ1) is 13.2. The van der Waals surface area contributed by atoms with Crippen LogP contribution in [0.5, 0.6) is 0 Å². The summed E-state index contributed by atoms with van der Waals surface area (Å²) in [5.74, 6) is -0.167. The number of carbonyl (C=O) groups is 1. The van der Waals surface area contributed by atoms with Crippen LogP contribution in [-0.4, -0.2) is 10.7 Å². The number of hydrogen-bond acceptors (Lipinski definition) is 1. The minimum atomic E-state index is -0.266. The molecule has 0 aromatic heterocycles. The van der Waals surface area contributed by atoms with E-state index in [1.807, 2.05) is 13.8 Å². The number of halogens is 2. The highest BCUT2D eigenvalue weighted by atomic mass is 79.9. The molecule has 0 aliphatic rings. The zero-order valence-electron chi connectivity index (χ0n) is 9.55. The molecule has 4 heteroatoms. The predicted octanol–water partition coefficient (Wildman–Crippen LogP) is 3.49. The van der Waals surface area contributed by atoms with Gasteiger partial charge in [-0.2, -0.15) is 0 Å². The highest BCUT2D eigenvalue weighted by molar-refractivity contribution is 9.10. The molecule has 1 unspecified atom stereocenters. The van der Waals surface area contributed by atoms with Crippen molar-refractivity contribution in [1.82, 2.24) is 0 Å². The Hall–Kier alpha value is -0.900. The first-order valence-electron chi connectivity index (χ1n) is 5.13. The third kappa shape index (κ3) is 3.30. The van der Waals surface area contributed by atoms with Crippen molar-refractivity contribution in [3.8, 4) is 0 Å². The van der Waals surface area contributed by atoms with Crippen LogP contribution in [-0.2, 0) is 4.79 Å². The van der Waals surface area contributed by atoms with Gasteiger partial charge < -0.3 is 5.32 Å². The average Bonchev–Trinajstić information content (AvgIpc) is 2.22. The summed E-state index contributed by atoms with van der Waals surface area (Å²) in [6.07, 6.45) is 0. The normalized spacial score (nSPS) is 12.6. The van der Waals surface area contributed by atoms with Crippen LogP contribution in [0.4, 0.5) is 10.1 Å². The second-order valence-electron chi connectivity index (χ2n) is 4.10. The Labute approximate surface area is 103 Å². The molecular weight excluding hydrogens is 273 g/mol. The summed E-state index contributed by atoms with van der Waals surface area (Å²) in [5, 5.41) is 2.74. The number of aryl methyl sites for hydroxylation is 1. The van der Waals surface area contributed by atoms with Crippen LogP contribution < -0.4 is 5.32 Å². The quantitative estimate of drug-likeness (QED) is 0.847. The minimum Gasteiger partial charge on any atom is -0.325 e. The van der Waals surface area contributed by atoms with Crippen LogP contribution in [0.25, 0.3) is 0 Å². The van der Waals surface area contributed by atoms with Crippen LogP contribution in [0, 0.1) is 18.7 Å². The first-order valence-corrected chi connectivity index (χ1v) is 6.04. The Balaban J connectivity index is 2.74. The lowest BCUT2D eigenvalue weighted by Gasteiger charge is -2.14. The molecule has 1 N–H and O–H groups in total. The van der Waals surface area contributed by atoms with Gasteiger partial charge in [0.05, 0.1) is 4.83 Å². The van der Waals surface area contributed by atoms with E-state index in [9.17, 15) is 9.18 Å². The maximum Gasteiger partial charge on any atom is 0.238 e. The summed E-state index contributed by atoms with van der Waals surface area (Å²) in [6, 6.07) is 4.52. The molecule has 1 amide bonds. The summed E-state index contributed by atoms with van der Waals surface area (Å²) in [5.41, 5.74) is 1.14. The summed E-state index contributed by atoms with van der Waals surface area (Å²) >= 11 is 3.31. The second-order valence-corrected chi connectivity index (χ2v) is 5.09. The lowest BCUT2D eigenvalue weighted by atomic mass is 10.1. The smallest absolute Gasteiger partial charge is 0.238 e. The molecule has 0 radical (unpaired) electrons. The van der Waals surface area contributed by atoms with Crippen LogP contribution in [0.3, 0.4) is 0 Å². The van der Waals surface area contributed by atoms with Crippen molar-refractivity contribution in [3.05, 3.63) is 29.6 Å². The van der Waals surface area contributed by atoms with Gasteiger partial charge >= 0.3 is 0 Å². The van der Waals surface area contributed by atoms with Crippen molar-refractivity contribution in [1.29, 1.82) is 0 Å².